The van der Waals surface area contributed by atoms with Crippen LogP contribution in [0.15, 0.2) is 24.3 Å². The van der Waals surface area contributed by atoms with Gasteiger partial charge in [0.25, 0.3) is 0 Å². The maximum absolute atomic E-state index is 12.8. The molecular formula is C15H21FO3. The summed E-state index contributed by atoms with van der Waals surface area (Å²) in [5.41, 5.74) is -1.56. The maximum atomic E-state index is 12.8. The van der Waals surface area contributed by atoms with Crippen molar-refractivity contribution in [2.75, 3.05) is 6.61 Å². The van der Waals surface area contributed by atoms with Crippen LogP contribution < -0.4 is 0 Å². The molecule has 1 atom stereocenters. The van der Waals surface area contributed by atoms with Gasteiger partial charge in [-0.05, 0) is 45.4 Å². The van der Waals surface area contributed by atoms with Gasteiger partial charge in [-0.2, -0.15) is 0 Å². The maximum Gasteiger partial charge on any atom is 0.314 e. The normalized spacial score (nSPS) is 14.8. The van der Waals surface area contributed by atoms with Crippen LogP contribution in [-0.4, -0.2) is 23.3 Å². The molecule has 1 aromatic carbocycles. The van der Waals surface area contributed by atoms with Crippen LogP contribution in [0, 0.1) is 11.2 Å². The highest BCUT2D eigenvalue weighted by Gasteiger charge is 2.46. The summed E-state index contributed by atoms with van der Waals surface area (Å²) in [7, 11) is 0. The monoisotopic (exact) mass is 268 g/mol. The molecule has 1 aromatic rings. The van der Waals surface area contributed by atoms with E-state index < -0.39 is 17.0 Å². The van der Waals surface area contributed by atoms with Gasteiger partial charge in [0.2, 0.25) is 0 Å². The fourth-order valence-electron chi connectivity index (χ4n) is 1.75. The first-order chi connectivity index (χ1) is 8.70. The summed E-state index contributed by atoms with van der Waals surface area (Å²) in [4.78, 5) is 11.9. The molecule has 19 heavy (non-hydrogen) atoms. The highest BCUT2D eigenvalue weighted by Crippen LogP contribution is 2.35. The molecule has 0 amide bonds. The fourth-order valence-corrected chi connectivity index (χ4v) is 1.75. The number of aliphatic hydroxyl groups is 1. The molecule has 0 spiro atoms. The van der Waals surface area contributed by atoms with Crippen molar-refractivity contribution >= 4 is 5.97 Å². The molecule has 0 heterocycles. The topological polar surface area (TPSA) is 46.5 Å². The Morgan fingerprint density at radius 2 is 1.79 bits per heavy atom. The van der Waals surface area contributed by atoms with E-state index in [-0.39, 0.29) is 18.8 Å². The van der Waals surface area contributed by atoms with Crippen molar-refractivity contribution in [1.29, 1.82) is 0 Å². The minimum atomic E-state index is -1.28. The minimum Gasteiger partial charge on any atom is -0.465 e. The zero-order valence-corrected chi connectivity index (χ0v) is 11.9. The van der Waals surface area contributed by atoms with Crippen molar-refractivity contribution in [2.24, 2.45) is 5.41 Å². The summed E-state index contributed by atoms with van der Waals surface area (Å²) < 4.78 is 17.8. The summed E-state index contributed by atoms with van der Waals surface area (Å²) in [6.07, 6.45) is 0.249. The first-order valence-corrected chi connectivity index (χ1v) is 6.35. The molecule has 0 aromatic heterocycles. The van der Waals surface area contributed by atoms with Crippen molar-refractivity contribution < 1.29 is 19.0 Å². The van der Waals surface area contributed by atoms with E-state index in [2.05, 4.69) is 0 Å². The van der Waals surface area contributed by atoms with Gasteiger partial charge in [0.15, 0.2) is 0 Å². The number of hydrogen-bond donors (Lipinski definition) is 1. The molecule has 0 radical (unpaired) electrons. The average Bonchev–Trinajstić information content (AvgIpc) is 2.32. The summed E-state index contributed by atoms with van der Waals surface area (Å²) >= 11 is 0. The lowest BCUT2D eigenvalue weighted by atomic mass is 9.73. The molecule has 4 heteroatoms. The SMILES string of the molecule is CCOC(=O)C(C)(C)C(C)(O)Cc1ccc(F)cc1. The average molecular weight is 268 g/mol. The quantitative estimate of drug-likeness (QED) is 0.835. The molecule has 1 unspecified atom stereocenters. The lowest BCUT2D eigenvalue weighted by molar-refractivity contribution is -0.168. The van der Waals surface area contributed by atoms with Crippen molar-refractivity contribution in [3.8, 4) is 0 Å². The van der Waals surface area contributed by atoms with Crippen LogP contribution in [0.25, 0.3) is 0 Å². The van der Waals surface area contributed by atoms with E-state index in [1.54, 1.807) is 39.8 Å². The Morgan fingerprint density at radius 1 is 1.26 bits per heavy atom. The Bertz CT molecular complexity index is 435. The van der Waals surface area contributed by atoms with E-state index in [0.717, 1.165) is 5.56 Å². The summed E-state index contributed by atoms with van der Waals surface area (Å²) in [5, 5.41) is 10.6. The number of ether oxygens (including phenoxy) is 1. The van der Waals surface area contributed by atoms with Gasteiger partial charge in [0.1, 0.15) is 5.82 Å². The molecule has 1 N–H and O–H groups in total. The zero-order valence-electron chi connectivity index (χ0n) is 11.9. The van der Waals surface area contributed by atoms with Crippen molar-refractivity contribution in [3.05, 3.63) is 35.6 Å². The molecule has 0 aliphatic carbocycles. The Hall–Kier alpha value is -1.42. The van der Waals surface area contributed by atoms with Gasteiger partial charge in [0.05, 0.1) is 17.6 Å². The number of benzene rings is 1. The Morgan fingerprint density at radius 3 is 2.26 bits per heavy atom. The molecule has 0 aliphatic heterocycles. The number of rotatable bonds is 5. The molecule has 3 nitrogen and oxygen atoms in total. The largest absolute Gasteiger partial charge is 0.465 e. The standard InChI is InChI=1S/C15H21FO3/c1-5-19-13(17)14(2,3)15(4,18)10-11-6-8-12(16)9-7-11/h6-9,18H,5,10H2,1-4H3. The molecule has 0 fully saturated rings. The summed E-state index contributed by atoms with van der Waals surface area (Å²) in [6, 6.07) is 5.88. The third-order valence-corrected chi connectivity index (χ3v) is 3.59. The van der Waals surface area contributed by atoms with Gasteiger partial charge < -0.3 is 9.84 Å². The molecular weight excluding hydrogens is 247 g/mol. The number of halogens is 1. The van der Waals surface area contributed by atoms with E-state index >= 15 is 0 Å². The van der Waals surface area contributed by atoms with Crippen LogP contribution in [0.1, 0.15) is 33.3 Å². The number of hydrogen-bond acceptors (Lipinski definition) is 3. The number of carbonyl (C=O) groups excluding carboxylic acids is 1. The van der Waals surface area contributed by atoms with Gasteiger partial charge in [-0.25, -0.2) is 4.39 Å². The van der Waals surface area contributed by atoms with Gasteiger partial charge in [0, 0.05) is 6.42 Å². The van der Waals surface area contributed by atoms with E-state index in [4.69, 9.17) is 4.74 Å². The number of carbonyl (C=O) groups is 1. The highest BCUT2D eigenvalue weighted by molar-refractivity contribution is 5.77. The Kier molecular flexibility index (Phi) is 4.69. The second-order valence-corrected chi connectivity index (χ2v) is 5.42. The van der Waals surface area contributed by atoms with Crippen LogP contribution in [-0.2, 0) is 16.0 Å². The highest BCUT2D eigenvalue weighted by atomic mass is 19.1. The third-order valence-electron chi connectivity index (χ3n) is 3.59. The van der Waals surface area contributed by atoms with Crippen LogP contribution in [0.5, 0.6) is 0 Å². The minimum absolute atomic E-state index is 0.249. The van der Waals surface area contributed by atoms with Gasteiger partial charge in [-0.3, -0.25) is 4.79 Å². The van der Waals surface area contributed by atoms with E-state index in [1.807, 2.05) is 0 Å². The van der Waals surface area contributed by atoms with E-state index in [0.29, 0.717) is 0 Å². The third kappa shape index (κ3) is 3.53. The van der Waals surface area contributed by atoms with Crippen molar-refractivity contribution in [3.63, 3.8) is 0 Å². The second-order valence-electron chi connectivity index (χ2n) is 5.42. The van der Waals surface area contributed by atoms with E-state index in [9.17, 15) is 14.3 Å². The molecule has 0 aliphatic rings. The zero-order chi connectivity index (χ0) is 14.7. The van der Waals surface area contributed by atoms with Crippen LogP contribution in [0.2, 0.25) is 0 Å². The Balaban J connectivity index is 2.90. The van der Waals surface area contributed by atoms with Crippen molar-refractivity contribution in [1.82, 2.24) is 0 Å². The fraction of sp³-hybridized carbons (Fsp3) is 0.533. The Labute approximate surface area is 113 Å². The summed E-state index contributed by atoms with van der Waals surface area (Å²) in [5.74, 6) is -0.768. The first kappa shape index (κ1) is 15.6. The number of esters is 1. The van der Waals surface area contributed by atoms with Crippen molar-refractivity contribution in [2.45, 2.75) is 39.7 Å². The molecule has 0 saturated carbocycles. The van der Waals surface area contributed by atoms with Crippen LogP contribution >= 0.6 is 0 Å². The van der Waals surface area contributed by atoms with Gasteiger partial charge in [-0.15, -0.1) is 0 Å². The van der Waals surface area contributed by atoms with E-state index in [1.165, 1.54) is 12.1 Å². The van der Waals surface area contributed by atoms with Gasteiger partial charge in [-0.1, -0.05) is 12.1 Å². The van der Waals surface area contributed by atoms with Crippen LogP contribution in [0.3, 0.4) is 0 Å². The lowest BCUT2D eigenvalue weighted by Gasteiger charge is -2.38. The molecule has 106 valence electrons. The smallest absolute Gasteiger partial charge is 0.314 e. The second kappa shape index (κ2) is 5.70. The molecule has 0 bridgehead atoms. The molecule has 1 rings (SSSR count). The molecule has 0 saturated heterocycles. The van der Waals surface area contributed by atoms with Crippen LogP contribution in [0.4, 0.5) is 4.39 Å². The van der Waals surface area contributed by atoms with Gasteiger partial charge >= 0.3 is 5.97 Å². The summed E-state index contributed by atoms with van der Waals surface area (Å²) in [6.45, 7) is 6.88. The predicted molar refractivity (Wildman–Crippen MR) is 71.1 cm³/mol. The predicted octanol–water partition coefficient (Wildman–Crippen LogP) is 2.71. The first-order valence-electron chi connectivity index (χ1n) is 6.35. The lowest BCUT2D eigenvalue weighted by Crippen LogP contribution is -2.49.